The zero-order chi connectivity index (χ0) is 11.5. The summed E-state index contributed by atoms with van der Waals surface area (Å²) in [5.74, 6) is -0.225. The van der Waals surface area contributed by atoms with Crippen LogP contribution in [0.2, 0.25) is 0 Å². The van der Waals surface area contributed by atoms with Crippen molar-refractivity contribution in [2.45, 2.75) is 3.99 Å². The standard InChI is InChI=1S/C9H9FINO3/c1-14-8(13)6-2-4-7(5-3-6)15-9(10,11)12/h2-5H,12H2,1H3. The number of hydrogen-bond acceptors (Lipinski definition) is 4. The molecule has 1 unspecified atom stereocenters. The first-order valence-corrected chi connectivity index (χ1v) is 5.04. The number of hydrogen-bond donors (Lipinski definition) is 1. The number of carbonyl (C=O) groups is 1. The molecule has 0 saturated carbocycles. The second kappa shape index (κ2) is 4.75. The average molecular weight is 325 g/mol. The molecule has 82 valence electrons. The Balaban J connectivity index is 2.77. The normalized spacial score (nSPS) is 14.1. The third-order valence-electron chi connectivity index (χ3n) is 1.53. The summed E-state index contributed by atoms with van der Waals surface area (Å²) >= 11 is 1.31. The van der Waals surface area contributed by atoms with Crippen molar-refractivity contribution in [3.05, 3.63) is 29.8 Å². The van der Waals surface area contributed by atoms with Gasteiger partial charge in [-0.3, -0.25) is 5.73 Å². The summed E-state index contributed by atoms with van der Waals surface area (Å²) in [7, 11) is 1.28. The van der Waals surface area contributed by atoms with Crippen molar-refractivity contribution in [1.29, 1.82) is 0 Å². The Morgan fingerprint density at radius 3 is 2.40 bits per heavy atom. The largest absolute Gasteiger partial charge is 0.465 e. The van der Waals surface area contributed by atoms with Crippen LogP contribution < -0.4 is 10.5 Å². The van der Waals surface area contributed by atoms with Gasteiger partial charge in [-0.2, -0.15) is 4.39 Å². The minimum Gasteiger partial charge on any atom is -0.465 e. The van der Waals surface area contributed by atoms with Gasteiger partial charge in [-0.15, -0.1) is 0 Å². The molecule has 1 aromatic carbocycles. The Morgan fingerprint density at radius 2 is 2.00 bits per heavy atom. The minimum atomic E-state index is -2.26. The van der Waals surface area contributed by atoms with Crippen LogP contribution in [0.5, 0.6) is 5.75 Å². The molecule has 0 fully saturated rings. The lowest BCUT2D eigenvalue weighted by Gasteiger charge is -2.14. The first-order valence-electron chi connectivity index (χ1n) is 3.96. The molecule has 0 amide bonds. The number of halogens is 2. The number of benzene rings is 1. The summed E-state index contributed by atoms with van der Waals surface area (Å²) in [5.41, 5.74) is 5.36. The first-order chi connectivity index (χ1) is 6.92. The minimum absolute atomic E-state index is 0.238. The van der Waals surface area contributed by atoms with Crippen molar-refractivity contribution >= 4 is 28.6 Å². The summed E-state index contributed by atoms with van der Waals surface area (Å²) in [6, 6.07) is 5.80. The van der Waals surface area contributed by atoms with Crippen LogP contribution in [-0.4, -0.2) is 17.1 Å². The third-order valence-corrected chi connectivity index (χ3v) is 1.75. The van der Waals surface area contributed by atoms with Gasteiger partial charge >= 0.3 is 9.95 Å². The average Bonchev–Trinajstić information content (AvgIpc) is 2.15. The molecule has 0 aromatic heterocycles. The molecule has 2 N–H and O–H groups in total. The molecule has 1 atom stereocenters. The van der Waals surface area contributed by atoms with E-state index in [1.54, 1.807) is 0 Å². The quantitative estimate of drug-likeness (QED) is 0.303. The summed E-state index contributed by atoms with van der Waals surface area (Å²) in [5, 5.41) is 0. The predicted molar refractivity (Wildman–Crippen MR) is 60.5 cm³/mol. The van der Waals surface area contributed by atoms with Gasteiger partial charge in [0, 0.05) is 22.6 Å². The molecule has 0 saturated heterocycles. The number of rotatable bonds is 3. The Hall–Kier alpha value is -0.890. The van der Waals surface area contributed by atoms with Crippen molar-refractivity contribution < 1.29 is 18.7 Å². The molecule has 0 aliphatic rings. The Bertz CT molecular complexity index is 347. The van der Waals surface area contributed by atoms with Crippen LogP contribution in [0.15, 0.2) is 24.3 Å². The van der Waals surface area contributed by atoms with E-state index in [0.29, 0.717) is 5.56 Å². The monoisotopic (exact) mass is 325 g/mol. The van der Waals surface area contributed by atoms with E-state index in [1.807, 2.05) is 0 Å². The van der Waals surface area contributed by atoms with E-state index in [0.717, 1.165) is 0 Å². The number of methoxy groups -OCH3 is 1. The second-order valence-corrected chi connectivity index (χ2v) is 4.15. The zero-order valence-electron chi connectivity index (χ0n) is 7.87. The highest BCUT2D eigenvalue weighted by atomic mass is 127. The van der Waals surface area contributed by atoms with Gasteiger partial charge in [0.2, 0.25) is 0 Å². The lowest BCUT2D eigenvalue weighted by atomic mass is 10.2. The smallest absolute Gasteiger partial charge is 0.357 e. The highest BCUT2D eigenvalue weighted by Crippen LogP contribution is 2.21. The van der Waals surface area contributed by atoms with E-state index in [1.165, 1.54) is 54.0 Å². The number of alkyl halides is 2. The van der Waals surface area contributed by atoms with Gasteiger partial charge in [0.25, 0.3) is 0 Å². The lowest BCUT2D eigenvalue weighted by Crippen LogP contribution is -2.33. The molecule has 0 spiro atoms. The van der Waals surface area contributed by atoms with Crippen LogP contribution >= 0.6 is 22.6 Å². The topological polar surface area (TPSA) is 61.5 Å². The molecule has 6 heteroatoms. The van der Waals surface area contributed by atoms with E-state index < -0.39 is 9.95 Å². The van der Waals surface area contributed by atoms with Crippen molar-refractivity contribution in [2.24, 2.45) is 5.73 Å². The number of carbonyl (C=O) groups excluding carboxylic acids is 1. The first kappa shape index (κ1) is 12.2. The van der Waals surface area contributed by atoms with Crippen LogP contribution in [0.3, 0.4) is 0 Å². The second-order valence-electron chi connectivity index (χ2n) is 2.68. The highest BCUT2D eigenvalue weighted by molar-refractivity contribution is 14.1. The Kier molecular flexibility index (Phi) is 3.86. The number of esters is 1. The van der Waals surface area contributed by atoms with Gasteiger partial charge in [0.15, 0.2) is 0 Å². The van der Waals surface area contributed by atoms with Gasteiger partial charge in [0.1, 0.15) is 5.75 Å². The van der Waals surface area contributed by atoms with Crippen LogP contribution in [0.4, 0.5) is 4.39 Å². The molecule has 0 bridgehead atoms. The summed E-state index contributed by atoms with van der Waals surface area (Å²) in [6.07, 6.45) is 0. The Labute approximate surface area is 99.7 Å². The van der Waals surface area contributed by atoms with Crippen LogP contribution in [0.25, 0.3) is 0 Å². The van der Waals surface area contributed by atoms with E-state index in [2.05, 4.69) is 4.74 Å². The van der Waals surface area contributed by atoms with E-state index in [9.17, 15) is 9.18 Å². The number of nitrogens with two attached hydrogens (primary N) is 1. The maximum Gasteiger partial charge on any atom is 0.357 e. The van der Waals surface area contributed by atoms with Gasteiger partial charge in [-0.05, 0) is 24.3 Å². The molecular formula is C9H9FINO3. The van der Waals surface area contributed by atoms with Crippen molar-refractivity contribution in [1.82, 2.24) is 0 Å². The van der Waals surface area contributed by atoms with Gasteiger partial charge < -0.3 is 9.47 Å². The fourth-order valence-electron chi connectivity index (χ4n) is 0.934. The van der Waals surface area contributed by atoms with Crippen molar-refractivity contribution in [3.8, 4) is 5.75 Å². The Morgan fingerprint density at radius 1 is 1.47 bits per heavy atom. The molecule has 4 nitrogen and oxygen atoms in total. The van der Waals surface area contributed by atoms with Crippen molar-refractivity contribution in [2.75, 3.05) is 7.11 Å². The summed E-state index contributed by atoms with van der Waals surface area (Å²) in [6.45, 7) is 0. The van der Waals surface area contributed by atoms with Gasteiger partial charge in [-0.25, -0.2) is 4.79 Å². The maximum atomic E-state index is 12.9. The van der Waals surface area contributed by atoms with E-state index in [4.69, 9.17) is 10.5 Å². The molecule has 0 aliphatic carbocycles. The summed E-state index contributed by atoms with van der Waals surface area (Å²) in [4.78, 5) is 11.0. The van der Waals surface area contributed by atoms with Gasteiger partial charge in [0.05, 0.1) is 12.7 Å². The molecule has 0 aliphatic heterocycles. The maximum absolute atomic E-state index is 12.9. The molecule has 0 heterocycles. The molecule has 1 rings (SSSR count). The molecule has 15 heavy (non-hydrogen) atoms. The fraction of sp³-hybridized carbons (Fsp3) is 0.222. The molecular weight excluding hydrogens is 316 g/mol. The molecule has 1 aromatic rings. The molecule has 0 radical (unpaired) electrons. The third kappa shape index (κ3) is 4.00. The summed E-state index contributed by atoms with van der Waals surface area (Å²) < 4.78 is 19.8. The van der Waals surface area contributed by atoms with Crippen LogP contribution in [0.1, 0.15) is 10.4 Å². The predicted octanol–water partition coefficient (Wildman–Crippen LogP) is 1.83. The number of ether oxygens (including phenoxy) is 2. The fourth-order valence-corrected chi connectivity index (χ4v) is 1.19. The van der Waals surface area contributed by atoms with Crippen molar-refractivity contribution in [3.63, 3.8) is 0 Å². The van der Waals surface area contributed by atoms with Crippen LogP contribution in [0, 0.1) is 0 Å². The highest BCUT2D eigenvalue weighted by Gasteiger charge is 2.20. The van der Waals surface area contributed by atoms with Crippen LogP contribution in [-0.2, 0) is 4.74 Å². The van der Waals surface area contributed by atoms with E-state index >= 15 is 0 Å². The SMILES string of the molecule is COC(=O)c1ccc(OC(N)(F)I)cc1. The van der Waals surface area contributed by atoms with E-state index in [-0.39, 0.29) is 5.75 Å². The van der Waals surface area contributed by atoms with Gasteiger partial charge in [-0.1, -0.05) is 0 Å². The lowest BCUT2D eigenvalue weighted by molar-refractivity contribution is 0.0552. The zero-order valence-corrected chi connectivity index (χ0v) is 10.0.